The van der Waals surface area contributed by atoms with Crippen LogP contribution in [-0.4, -0.2) is 60.2 Å². The first-order chi connectivity index (χ1) is 21.3. The van der Waals surface area contributed by atoms with Crippen molar-refractivity contribution in [1.29, 1.82) is 5.26 Å². The number of nitrogens with one attached hydrogen (secondary N) is 3. The molecule has 0 unspecified atom stereocenters. The Kier molecular flexibility index (Phi) is 13.5. The third-order valence-electron chi connectivity index (χ3n) is 10.1. The van der Waals surface area contributed by atoms with Crippen molar-refractivity contribution < 1.29 is 23.9 Å². The second kappa shape index (κ2) is 16.6. The van der Waals surface area contributed by atoms with E-state index in [9.17, 15) is 19.7 Å². The number of amides is 2. The summed E-state index contributed by atoms with van der Waals surface area (Å²) in [5.41, 5.74) is 7.13. The second-order valence-corrected chi connectivity index (χ2v) is 14.3. The Hall–Kier alpha value is -2.92. The molecular formula is C31H54BN7O6. The molecule has 0 aromatic rings. The number of aliphatic imine (C=N–C) groups is 1. The number of nitrogens with zero attached hydrogens (tertiary/aromatic N) is 3. The van der Waals surface area contributed by atoms with E-state index in [1.807, 2.05) is 0 Å². The van der Waals surface area contributed by atoms with Gasteiger partial charge in [0.15, 0.2) is 5.03 Å². The van der Waals surface area contributed by atoms with E-state index < -0.39 is 29.7 Å². The predicted octanol–water partition coefficient (Wildman–Crippen LogP) is 3.79. The molecule has 45 heavy (non-hydrogen) atoms. The molecule has 1 aliphatic heterocycles. The highest BCUT2D eigenvalue weighted by Crippen LogP contribution is 2.65. The fourth-order valence-corrected chi connectivity index (χ4v) is 7.46. The van der Waals surface area contributed by atoms with Gasteiger partial charge in [-0.1, -0.05) is 58.8 Å². The Morgan fingerprint density at radius 1 is 1.11 bits per heavy atom. The number of carbonyl (C=O) groups excluding carboxylic acids is 2. The first kappa shape index (κ1) is 36.6. The number of nitro groups is 1. The summed E-state index contributed by atoms with van der Waals surface area (Å²) in [6.45, 7) is 11.1. The van der Waals surface area contributed by atoms with Crippen molar-refractivity contribution in [3.8, 4) is 6.07 Å². The van der Waals surface area contributed by atoms with Crippen LogP contribution in [0, 0.1) is 44.6 Å². The van der Waals surface area contributed by atoms with E-state index in [4.69, 9.17) is 20.3 Å². The molecule has 2 amide bonds. The lowest BCUT2D eigenvalue weighted by Gasteiger charge is -2.64. The molecule has 14 heteroatoms. The zero-order chi connectivity index (χ0) is 33.2. The van der Waals surface area contributed by atoms with Gasteiger partial charge in [0, 0.05) is 19.4 Å². The van der Waals surface area contributed by atoms with Gasteiger partial charge in [0.05, 0.1) is 23.7 Å². The zero-order valence-corrected chi connectivity index (χ0v) is 27.8. The molecule has 3 saturated carbocycles. The summed E-state index contributed by atoms with van der Waals surface area (Å²) >= 11 is 0. The fourth-order valence-electron chi connectivity index (χ4n) is 7.46. The van der Waals surface area contributed by atoms with Gasteiger partial charge in [0.1, 0.15) is 6.04 Å². The Bertz CT molecular complexity index is 1100. The van der Waals surface area contributed by atoms with Crippen LogP contribution in [-0.2, 0) is 18.9 Å². The topological polar surface area (TPSA) is 194 Å². The molecule has 0 radical (unpaired) electrons. The Morgan fingerprint density at radius 2 is 1.80 bits per heavy atom. The number of nitrogens with two attached hydrogens (primary N) is 1. The SMILES string of the molecule is CC(C)C[C@H](NC(=O)[C@H](CCCN=C(N)N[N+](=O)[O-])NC(=O)CCCCCCCCC#N)B1O[C@@H]2C[C@H]3C[C@H](C3(C)C)[C@]2(C)O1. The van der Waals surface area contributed by atoms with Crippen LogP contribution >= 0.6 is 0 Å². The van der Waals surface area contributed by atoms with Crippen molar-refractivity contribution in [2.45, 2.75) is 142 Å². The summed E-state index contributed by atoms with van der Waals surface area (Å²) in [5.74, 6) is 0.0518. The van der Waals surface area contributed by atoms with Crippen LogP contribution in [0.3, 0.4) is 0 Å². The van der Waals surface area contributed by atoms with Gasteiger partial charge in [-0.15, -0.1) is 0 Å². The first-order valence-electron chi connectivity index (χ1n) is 16.8. The summed E-state index contributed by atoms with van der Waals surface area (Å²) in [5, 5.41) is 24.5. The maximum Gasteiger partial charge on any atom is 0.481 e. The van der Waals surface area contributed by atoms with Crippen molar-refractivity contribution in [2.24, 2.45) is 33.9 Å². The second-order valence-electron chi connectivity index (χ2n) is 14.3. The number of hydrazine groups is 1. The number of hydrogen-bond acceptors (Lipinski definition) is 8. The Balaban J connectivity index is 1.61. The van der Waals surface area contributed by atoms with Crippen molar-refractivity contribution >= 4 is 24.9 Å². The van der Waals surface area contributed by atoms with Crippen molar-refractivity contribution in [1.82, 2.24) is 16.1 Å². The molecule has 2 bridgehead atoms. The van der Waals surface area contributed by atoms with Crippen molar-refractivity contribution in [3.63, 3.8) is 0 Å². The van der Waals surface area contributed by atoms with Crippen LogP contribution in [0.5, 0.6) is 0 Å². The zero-order valence-electron chi connectivity index (χ0n) is 27.8. The third-order valence-corrected chi connectivity index (χ3v) is 10.1. The minimum absolute atomic E-state index is 0.0104. The predicted molar refractivity (Wildman–Crippen MR) is 172 cm³/mol. The van der Waals surface area contributed by atoms with E-state index in [-0.39, 0.29) is 48.2 Å². The molecule has 4 fully saturated rings. The molecule has 0 aromatic heterocycles. The summed E-state index contributed by atoms with van der Waals surface area (Å²) in [4.78, 5) is 41.2. The standard InChI is InChI=1S/C31H54BN7O6/c1-21(2)18-26(32-44-25-20-22-19-24(30(22,3)4)31(25,5)45-32)37-28(41)23(14-13-17-35-29(34)38-39(42)43)36-27(40)15-11-9-7-6-8-10-12-16-33/h21-26H,6-15,17-20H2,1-5H3,(H,36,40)(H,37,41)(H3,34,35,38)/t22-,23+,24-,25-,26+,31+/m1/s1. The molecule has 5 N–H and O–H groups in total. The van der Waals surface area contributed by atoms with Gasteiger partial charge in [-0.2, -0.15) is 5.26 Å². The molecule has 6 atom stereocenters. The molecule has 252 valence electrons. The van der Waals surface area contributed by atoms with E-state index in [2.05, 4.69) is 56.3 Å². The van der Waals surface area contributed by atoms with Crippen molar-refractivity contribution in [2.75, 3.05) is 6.54 Å². The highest BCUT2D eigenvalue weighted by Gasteiger charge is 2.68. The quantitative estimate of drug-likeness (QED) is 0.0410. The first-order valence-corrected chi connectivity index (χ1v) is 16.8. The number of carbonyl (C=O) groups is 2. The molecule has 3 aliphatic carbocycles. The number of rotatable bonds is 19. The number of guanidine groups is 1. The van der Waals surface area contributed by atoms with E-state index >= 15 is 0 Å². The van der Waals surface area contributed by atoms with Gasteiger partial charge in [-0.3, -0.25) is 9.59 Å². The molecule has 13 nitrogen and oxygen atoms in total. The molecule has 1 saturated heterocycles. The van der Waals surface area contributed by atoms with Gasteiger partial charge in [-0.25, -0.2) is 15.1 Å². The minimum atomic E-state index is -0.816. The van der Waals surface area contributed by atoms with E-state index in [1.54, 1.807) is 5.43 Å². The molecule has 1 heterocycles. The monoisotopic (exact) mass is 631 g/mol. The van der Waals surface area contributed by atoms with Crippen LogP contribution < -0.4 is 21.8 Å². The van der Waals surface area contributed by atoms with Crippen LogP contribution in [0.1, 0.15) is 118 Å². The Morgan fingerprint density at radius 3 is 2.44 bits per heavy atom. The summed E-state index contributed by atoms with van der Waals surface area (Å²) in [6.07, 6.45) is 9.83. The molecule has 0 spiro atoms. The summed E-state index contributed by atoms with van der Waals surface area (Å²) in [6, 6.07) is 1.34. The lowest BCUT2D eigenvalue weighted by molar-refractivity contribution is -0.525. The van der Waals surface area contributed by atoms with E-state index in [1.165, 1.54) is 0 Å². The lowest BCUT2D eigenvalue weighted by atomic mass is 9.43. The van der Waals surface area contributed by atoms with Crippen LogP contribution in [0.2, 0.25) is 0 Å². The molecule has 4 aliphatic rings. The average Bonchev–Trinajstić information content (AvgIpc) is 3.32. The van der Waals surface area contributed by atoms with Gasteiger partial charge in [0.25, 0.3) is 5.96 Å². The van der Waals surface area contributed by atoms with Gasteiger partial charge < -0.3 is 25.7 Å². The molecule has 4 rings (SSSR count). The largest absolute Gasteiger partial charge is 0.481 e. The summed E-state index contributed by atoms with van der Waals surface area (Å²) in [7, 11) is -0.580. The number of nitriles is 1. The highest BCUT2D eigenvalue weighted by molar-refractivity contribution is 6.48. The number of unbranched alkanes of at least 4 members (excludes halogenated alkanes) is 6. The van der Waals surface area contributed by atoms with Crippen molar-refractivity contribution in [3.05, 3.63) is 10.1 Å². The third kappa shape index (κ3) is 10.0. The maximum absolute atomic E-state index is 13.8. The smallest absolute Gasteiger partial charge is 0.404 e. The summed E-state index contributed by atoms with van der Waals surface area (Å²) < 4.78 is 13.2. The molecular weight excluding hydrogens is 577 g/mol. The van der Waals surface area contributed by atoms with Gasteiger partial charge in [-0.05, 0) is 75.0 Å². The minimum Gasteiger partial charge on any atom is -0.404 e. The lowest BCUT2D eigenvalue weighted by Crippen LogP contribution is -2.65. The maximum atomic E-state index is 13.8. The van der Waals surface area contributed by atoms with Crippen LogP contribution in [0.25, 0.3) is 0 Å². The van der Waals surface area contributed by atoms with E-state index in [0.717, 1.165) is 44.9 Å². The fraction of sp³-hybridized carbons (Fsp3) is 0.871. The van der Waals surface area contributed by atoms with Crippen LogP contribution in [0.4, 0.5) is 0 Å². The highest BCUT2D eigenvalue weighted by atomic mass is 16.7. The average molecular weight is 632 g/mol. The Labute approximate surface area is 268 Å². The van der Waals surface area contributed by atoms with Gasteiger partial charge >= 0.3 is 7.12 Å². The van der Waals surface area contributed by atoms with Crippen LogP contribution in [0.15, 0.2) is 4.99 Å². The molecule has 0 aromatic carbocycles. The number of hydrogen-bond donors (Lipinski definition) is 4. The van der Waals surface area contributed by atoms with Gasteiger partial charge in [0.2, 0.25) is 11.8 Å². The normalized spacial score (nSPS) is 26.3. The van der Waals surface area contributed by atoms with E-state index in [0.29, 0.717) is 43.9 Å².